The largest absolute Gasteiger partial charge is 0.596 e. The van der Waals surface area contributed by atoms with Crippen molar-refractivity contribution < 1.29 is 19.2 Å². The minimum Gasteiger partial charge on any atom is -0.406 e. The van der Waals surface area contributed by atoms with E-state index in [-0.39, 0.29) is 12.1 Å². The molecule has 18 heavy (non-hydrogen) atoms. The number of amides is 1. The van der Waals surface area contributed by atoms with Gasteiger partial charge in [-0.15, -0.1) is 4.58 Å². The highest BCUT2D eigenvalue weighted by Gasteiger charge is 2.32. The van der Waals surface area contributed by atoms with Crippen LogP contribution in [0.3, 0.4) is 0 Å². The van der Waals surface area contributed by atoms with Gasteiger partial charge in [0.1, 0.15) is 5.60 Å². The van der Waals surface area contributed by atoms with E-state index in [2.05, 4.69) is 5.32 Å². The summed E-state index contributed by atoms with van der Waals surface area (Å²) in [5.41, 5.74) is -0.490. The predicted molar refractivity (Wildman–Crippen MR) is 72.2 cm³/mol. The summed E-state index contributed by atoms with van der Waals surface area (Å²) in [6, 6.07) is -0.0995. The summed E-state index contributed by atoms with van der Waals surface area (Å²) in [5, 5.41) is 12.6. The number of carbonyl (C=O) groups excluding carboxylic acids is 1. The van der Waals surface area contributed by atoms with Crippen LogP contribution in [0.1, 0.15) is 41.5 Å². The minimum atomic E-state index is -0.490. The van der Waals surface area contributed by atoms with Crippen molar-refractivity contribution in [3.8, 4) is 0 Å². The van der Waals surface area contributed by atoms with Crippen molar-refractivity contribution in [2.24, 2.45) is 0 Å². The number of aliphatic hydroxyl groups excluding tert-OH is 1. The van der Waals surface area contributed by atoms with Gasteiger partial charge in [-0.2, -0.15) is 4.79 Å². The lowest BCUT2D eigenvalue weighted by atomic mass is 10.1. The maximum atomic E-state index is 11.7. The molecule has 1 heterocycles. The molecule has 0 fully saturated rings. The smallest absolute Gasteiger partial charge is 0.406 e. The van der Waals surface area contributed by atoms with Gasteiger partial charge in [-0.25, -0.2) is 0 Å². The van der Waals surface area contributed by atoms with Crippen molar-refractivity contribution in [3.05, 3.63) is 0 Å². The summed E-state index contributed by atoms with van der Waals surface area (Å²) in [6.07, 6.45) is 0.894. The molecule has 0 aromatic carbocycles. The Kier molecular flexibility index (Phi) is 7.09. The van der Waals surface area contributed by atoms with Gasteiger partial charge in [0.15, 0.2) is 12.8 Å². The molecule has 0 aromatic heterocycles. The van der Waals surface area contributed by atoms with Crippen molar-refractivity contribution in [1.82, 2.24) is 5.32 Å². The van der Waals surface area contributed by atoms with E-state index < -0.39 is 11.7 Å². The molecular weight excluding hydrogens is 232 g/mol. The molecule has 1 aliphatic rings. The molecule has 5 heteroatoms. The van der Waals surface area contributed by atoms with Crippen LogP contribution in [0.2, 0.25) is 0 Å². The van der Waals surface area contributed by atoms with E-state index >= 15 is 0 Å². The third-order valence-electron chi connectivity index (χ3n) is 2.30. The second-order valence-electron chi connectivity index (χ2n) is 5.07. The van der Waals surface area contributed by atoms with Crippen LogP contribution in [0.15, 0.2) is 0 Å². The van der Waals surface area contributed by atoms with E-state index in [9.17, 15) is 9.90 Å². The topological polar surface area (TPSA) is 61.6 Å². The lowest BCUT2D eigenvalue weighted by Gasteiger charge is -2.23. The van der Waals surface area contributed by atoms with Crippen molar-refractivity contribution in [1.29, 1.82) is 0 Å². The van der Waals surface area contributed by atoms with Crippen LogP contribution in [0.4, 0.5) is 4.79 Å². The number of rotatable bonds is 1. The average Bonchev–Trinajstić information content (AvgIpc) is 2.29. The number of carbonyl (C=O) groups is 1. The fraction of sp³-hybridized carbons (Fsp3) is 0.846. The van der Waals surface area contributed by atoms with Gasteiger partial charge in [0.25, 0.3) is 0 Å². The predicted octanol–water partition coefficient (Wildman–Crippen LogP) is 1.38. The molecule has 2 N–H and O–H groups in total. The molecule has 0 saturated carbocycles. The molecule has 1 aliphatic heterocycles. The third-order valence-corrected chi connectivity index (χ3v) is 2.30. The van der Waals surface area contributed by atoms with Gasteiger partial charge in [-0.1, -0.05) is 13.8 Å². The summed E-state index contributed by atoms with van der Waals surface area (Å²) < 4.78 is 6.76. The number of aliphatic hydroxyl groups is 1. The van der Waals surface area contributed by atoms with E-state index in [1.165, 1.54) is 4.58 Å². The number of ether oxygens (including phenoxy) is 1. The van der Waals surface area contributed by atoms with Gasteiger partial charge in [0.2, 0.25) is 0 Å². The average molecular weight is 259 g/mol. The molecular formula is C13H27N2O3+. The highest BCUT2D eigenvalue weighted by atomic mass is 16.6. The standard InChI is InChI=1S/C11H21N2O3.C2H6/c1-8(14)9-7-13(6-5-12-9)10(15)16-11(2,3)4;1-2/h6,8-9,12,14H,5,7H2,1-4H3;1-2H3/q+1;. The Bertz CT molecular complexity index is 293. The van der Waals surface area contributed by atoms with Gasteiger partial charge < -0.3 is 9.84 Å². The van der Waals surface area contributed by atoms with Crippen molar-refractivity contribution >= 4 is 12.3 Å². The molecule has 0 aromatic rings. The Morgan fingerprint density at radius 3 is 2.50 bits per heavy atom. The van der Waals surface area contributed by atoms with Gasteiger partial charge in [-0.05, 0) is 27.7 Å². The van der Waals surface area contributed by atoms with Gasteiger partial charge >= 0.3 is 6.09 Å². The number of hydrogen-bond acceptors (Lipinski definition) is 4. The van der Waals surface area contributed by atoms with Crippen LogP contribution in [-0.4, -0.2) is 52.8 Å². The van der Waals surface area contributed by atoms with Crippen LogP contribution < -0.4 is 5.32 Å². The molecule has 1 amide bonds. The molecule has 106 valence electrons. The molecule has 0 bridgehead atoms. The first-order valence-electron chi connectivity index (χ1n) is 6.54. The van der Waals surface area contributed by atoms with Gasteiger partial charge in [-0.3, -0.25) is 5.32 Å². The summed E-state index contributed by atoms with van der Waals surface area (Å²) in [6.45, 7) is 12.2. The lowest BCUT2D eigenvalue weighted by molar-refractivity contribution is -0.457. The van der Waals surface area contributed by atoms with Crippen molar-refractivity contribution in [3.63, 3.8) is 0 Å². The van der Waals surface area contributed by atoms with Gasteiger partial charge in [0, 0.05) is 0 Å². The Labute approximate surface area is 110 Å². The normalized spacial score (nSPS) is 21.3. The van der Waals surface area contributed by atoms with Crippen LogP contribution in [-0.2, 0) is 4.74 Å². The fourth-order valence-electron chi connectivity index (χ4n) is 1.46. The molecule has 5 nitrogen and oxygen atoms in total. The second kappa shape index (κ2) is 7.48. The van der Waals surface area contributed by atoms with Crippen LogP contribution >= 0.6 is 0 Å². The SMILES string of the molecule is CC.CC(O)C1C[N+](C(=O)OC(C)(C)C)=CCN1. The van der Waals surface area contributed by atoms with Crippen LogP contribution in [0.25, 0.3) is 0 Å². The zero-order valence-corrected chi connectivity index (χ0v) is 12.4. The fourth-order valence-corrected chi connectivity index (χ4v) is 1.46. The van der Waals surface area contributed by atoms with E-state index in [0.717, 1.165) is 0 Å². The lowest BCUT2D eigenvalue weighted by Crippen LogP contribution is -2.52. The Hall–Kier alpha value is -0.940. The molecule has 1 rings (SSSR count). The highest BCUT2D eigenvalue weighted by molar-refractivity contribution is 5.67. The first kappa shape index (κ1) is 17.1. The van der Waals surface area contributed by atoms with Crippen molar-refractivity contribution in [2.45, 2.75) is 59.3 Å². The first-order chi connectivity index (χ1) is 8.29. The quantitative estimate of drug-likeness (QED) is 0.699. The van der Waals surface area contributed by atoms with E-state index in [1.807, 2.05) is 34.6 Å². The Balaban J connectivity index is 0.00000137. The van der Waals surface area contributed by atoms with E-state index in [4.69, 9.17) is 4.74 Å². The zero-order chi connectivity index (χ0) is 14.3. The maximum absolute atomic E-state index is 11.7. The number of nitrogens with zero attached hydrogens (tertiary/aromatic N) is 1. The molecule has 0 saturated heterocycles. The highest BCUT2D eigenvalue weighted by Crippen LogP contribution is 2.09. The summed E-state index contributed by atoms with van der Waals surface area (Å²) >= 11 is 0. The summed E-state index contributed by atoms with van der Waals surface area (Å²) in [4.78, 5) is 11.7. The second-order valence-corrected chi connectivity index (χ2v) is 5.07. The Morgan fingerprint density at radius 2 is 2.06 bits per heavy atom. The monoisotopic (exact) mass is 259 g/mol. The first-order valence-corrected chi connectivity index (χ1v) is 6.54. The van der Waals surface area contributed by atoms with Crippen molar-refractivity contribution in [2.75, 3.05) is 13.1 Å². The molecule has 0 radical (unpaired) electrons. The number of nitrogens with one attached hydrogen (secondary N) is 1. The molecule has 2 unspecified atom stereocenters. The van der Waals surface area contributed by atoms with Gasteiger partial charge in [0.05, 0.1) is 18.7 Å². The van der Waals surface area contributed by atoms with Crippen LogP contribution in [0, 0.1) is 0 Å². The Morgan fingerprint density at radius 1 is 1.50 bits per heavy atom. The zero-order valence-electron chi connectivity index (χ0n) is 12.4. The summed E-state index contributed by atoms with van der Waals surface area (Å²) in [5.74, 6) is 0. The molecule has 0 aliphatic carbocycles. The minimum absolute atomic E-state index is 0.0995. The van der Waals surface area contributed by atoms with E-state index in [1.54, 1.807) is 13.1 Å². The van der Waals surface area contributed by atoms with E-state index in [0.29, 0.717) is 13.1 Å². The van der Waals surface area contributed by atoms with Crippen LogP contribution in [0.5, 0.6) is 0 Å². The summed E-state index contributed by atoms with van der Waals surface area (Å²) in [7, 11) is 0. The maximum Gasteiger partial charge on any atom is 0.596 e. The molecule has 0 spiro atoms. The molecule has 2 atom stereocenters. The third kappa shape index (κ3) is 6.12. The number of hydrogen-bond donors (Lipinski definition) is 2.